The lowest BCUT2D eigenvalue weighted by Crippen LogP contribution is -2.14. The molecule has 0 saturated carbocycles. The first-order valence-electron chi connectivity index (χ1n) is 4.34. The molecule has 0 aliphatic rings. The largest absolute Gasteiger partial charge is 0.508 e. The van der Waals surface area contributed by atoms with Gasteiger partial charge in [-0.2, -0.15) is 0 Å². The van der Waals surface area contributed by atoms with E-state index in [0.29, 0.717) is 5.56 Å². The van der Waals surface area contributed by atoms with E-state index < -0.39 is 6.04 Å². The molecule has 0 aliphatic carbocycles. The normalized spacial score (nSPS) is 12.9. The lowest BCUT2D eigenvalue weighted by atomic mass is 10.1. The average Bonchev–Trinajstić information content (AvgIpc) is 2.17. The first kappa shape index (κ1) is 11.4. The molecule has 14 heavy (non-hydrogen) atoms. The van der Waals surface area contributed by atoms with E-state index >= 15 is 0 Å². The molecular formula is C10H15NO2S. The van der Waals surface area contributed by atoms with Crippen LogP contribution >= 0.6 is 11.8 Å². The fourth-order valence-electron chi connectivity index (χ4n) is 1.30. The minimum absolute atomic E-state index is 0.154. The van der Waals surface area contributed by atoms with Gasteiger partial charge in [-0.25, -0.2) is 0 Å². The molecule has 1 aromatic rings. The zero-order chi connectivity index (χ0) is 10.7. The molecule has 0 aliphatic heterocycles. The highest BCUT2D eigenvalue weighted by molar-refractivity contribution is 7.98. The summed E-state index contributed by atoms with van der Waals surface area (Å²) in [5.74, 6) is 0.154. The molecule has 0 radical (unpaired) electrons. The van der Waals surface area contributed by atoms with Gasteiger partial charge >= 0.3 is 0 Å². The van der Waals surface area contributed by atoms with Crippen LogP contribution in [0.1, 0.15) is 17.2 Å². The third-order valence-electron chi connectivity index (χ3n) is 2.14. The number of phenols is 1. The topological polar surface area (TPSA) is 66.5 Å². The van der Waals surface area contributed by atoms with E-state index in [4.69, 9.17) is 10.8 Å². The number of benzene rings is 1. The van der Waals surface area contributed by atoms with Crippen LogP contribution in [-0.4, -0.2) is 23.1 Å². The molecule has 1 atom stereocenters. The Kier molecular flexibility index (Phi) is 3.80. The molecular weight excluding hydrogens is 198 g/mol. The van der Waals surface area contributed by atoms with Gasteiger partial charge in [0.15, 0.2) is 0 Å². The van der Waals surface area contributed by atoms with Crippen molar-refractivity contribution in [2.75, 3.05) is 12.9 Å². The quantitative estimate of drug-likeness (QED) is 0.664. The van der Waals surface area contributed by atoms with Gasteiger partial charge in [-0.1, -0.05) is 0 Å². The second-order valence-corrected chi connectivity index (χ2v) is 4.02. The van der Waals surface area contributed by atoms with Crippen LogP contribution in [0.15, 0.2) is 17.0 Å². The third-order valence-corrected chi connectivity index (χ3v) is 3.02. The fraction of sp³-hybridized carbons (Fsp3) is 0.400. The number of aliphatic hydroxyl groups is 1. The van der Waals surface area contributed by atoms with Crippen LogP contribution in [0.3, 0.4) is 0 Å². The molecule has 78 valence electrons. The Morgan fingerprint density at radius 1 is 1.50 bits per heavy atom. The predicted octanol–water partition coefficient (Wildman–Crippen LogP) is 1.41. The first-order valence-corrected chi connectivity index (χ1v) is 5.56. The maximum atomic E-state index is 9.61. The number of aryl methyl sites for hydroxylation is 1. The number of thioether (sulfide) groups is 1. The van der Waals surface area contributed by atoms with E-state index in [0.717, 1.165) is 10.5 Å². The minimum Gasteiger partial charge on any atom is -0.508 e. The van der Waals surface area contributed by atoms with Crippen molar-refractivity contribution in [1.82, 2.24) is 0 Å². The average molecular weight is 213 g/mol. The van der Waals surface area contributed by atoms with Gasteiger partial charge in [0.05, 0.1) is 12.6 Å². The SMILES string of the molecule is CSc1cc([C@@H](N)CO)c(O)cc1C. The second kappa shape index (κ2) is 4.68. The zero-order valence-corrected chi connectivity index (χ0v) is 9.14. The Morgan fingerprint density at radius 2 is 2.14 bits per heavy atom. The van der Waals surface area contributed by atoms with Crippen LogP contribution in [0, 0.1) is 6.92 Å². The van der Waals surface area contributed by atoms with Crippen molar-refractivity contribution in [2.24, 2.45) is 5.73 Å². The highest BCUT2D eigenvalue weighted by atomic mass is 32.2. The summed E-state index contributed by atoms with van der Waals surface area (Å²) in [7, 11) is 0. The summed E-state index contributed by atoms with van der Waals surface area (Å²) in [5.41, 5.74) is 7.27. The summed E-state index contributed by atoms with van der Waals surface area (Å²) in [6.07, 6.45) is 1.97. The molecule has 4 heteroatoms. The standard InChI is InChI=1S/C10H15NO2S/c1-6-3-9(13)7(8(11)5-12)4-10(6)14-2/h3-4,8,12-13H,5,11H2,1-2H3/t8-/m0/s1. The van der Waals surface area contributed by atoms with E-state index in [9.17, 15) is 5.11 Å². The van der Waals surface area contributed by atoms with Crippen molar-refractivity contribution >= 4 is 11.8 Å². The number of nitrogens with two attached hydrogens (primary N) is 1. The van der Waals surface area contributed by atoms with Crippen molar-refractivity contribution < 1.29 is 10.2 Å². The lowest BCUT2D eigenvalue weighted by Gasteiger charge is -2.13. The van der Waals surface area contributed by atoms with E-state index in [-0.39, 0.29) is 12.4 Å². The van der Waals surface area contributed by atoms with E-state index in [2.05, 4.69) is 0 Å². The molecule has 0 aromatic heterocycles. The van der Waals surface area contributed by atoms with Gasteiger partial charge < -0.3 is 15.9 Å². The first-order chi connectivity index (χ1) is 6.60. The molecule has 0 unspecified atom stereocenters. The number of hydrogen-bond acceptors (Lipinski definition) is 4. The van der Waals surface area contributed by atoms with Crippen molar-refractivity contribution in [2.45, 2.75) is 17.9 Å². The summed E-state index contributed by atoms with van der Waals surface area (Å²) in [4.78, 5) is 1.07. The number of phenolic OH excluding ortho intramolecular Hbond substituents is 1. The van der Waals surface area contributed by atoms with Crippen LogP contribution in [-0.2, 0) is 0 Å². The molecule has 4 N–H and O–H groups in total. The molecule has 0 fully saturated rings. The molecule has 0 spiro atoms. The molecule has 0 saturated heterocycles. The van der Waals surface area contributed by atoms with Gasteiger partial charge in [0.1, 0.15) is 5.75 Å². The zero-order valence-electron chi connectivity index (χ0n) is 8.32. The Balaban J connectivity index is 3.17. The predicted molar refractivity (Wildman–Crippen MR) is 58.6 cm³/mol. The van der Waals surface area contributed by atoms with Crippen molar-refractivity contribution in [3.8, 4) is 5.75 Å². The van der Waals surface area contributed by atoms with E-state index in [1.165, 1.54) is 0 Å². The smallest absolute Gasteiger partial charge is 0.120 e. The highest BCUT2D eigenvalue weighted by Gasteiger charge is 2.12. The van der Waals surface area contributed by atoms with Crippen LogP contribution < -0.4 is 5.73 Å². The second-order valence-electron chi connectivity index (χ2n) is 3.17. The Labute approximate surface area is 87.9 Å². The van der Waals surface area contributed by atoms with Gasteiger partial charge in [-0.15, -0.1) is 11.8 Å². The van der Waals surface area contributed by atoms with Crippen molar-refractivity contribution in [1.29, 1.82) is 0 Å². The summed E-state index contributed by atoms with van der Waals surface area (Å²) in [6.45, 7) is 1.77. The maximum absolute atomic E-state index is 9.61. The number of aliphatic hydroxyl groups excluding tert-OH is 1. The minimum atomic E-state index is -0.513. The van der Waals surface area contributed by atoms with Crippen LogP contribution in [0.25, 0.3) is 0 Å². The number of aromatic hydroxyl groups is 1. The van der Waals surface area contributed by atoms with Gasteiger partial charge in [0.25, 0.3) is 0 Å². The summed E-state index contributed by atoms with van der Waals surface area (Å²) >= 11 is 1.60. The van der Waals surface area contributed by atoms with E-state index in [1.807, 2.05) is 19.2 Å². The summed E-state index contributed by atoms with van der Waals surface area (Å²) < 4.78 is 0. The highest BCUT2D eigenvalue weighted by Crippen LogP contribution is 2.30. The number of hydrogen-bond donors (Lipinski definition) is 3. The molecule has 1 rings (SSSR count). The number of rotatable bonds is 3. The molecule has 1 aromatic carbocycles. The summed E-state index contributed by atoms with van der Waals surface area (Å²) in [5, 5.41) is 18.5. The Hall–Kier alpha value is -0.710. The lowest BCUT2D eigenvalue weighted by molar-refractivity contribution is 0.265. The van der Waals surface area contributed by atoms with Gasteiger partial charge in [-0.3, -0.25) is 0 Å². The maximum Gasteiger partial charge on any atom is 0.120 e. The Bertz CT molecular complexity index is 328. The third kappa shape index (κ3) is 2.20. The van der Waals surface area contributed by atoms with Gasteiger partial charge in [0.2, 0.25) is 0 Å². The van der Waals surface area contributed by atoms with Crippen molar-refractivity contribution in [3.05, 3.63) is 23.3 Å². The van der Waals surface area contributed by atoms with Crippen molar-refractivity contribution in [3.63, 3.8) is 0 Å². The van der Waals surface area contributed by atoms with Crippen LogP contribution in [0.5, 0.6) is 5.75 Å². The van der Waals surface area contributed by atoms with Crippen LogP contribution in [0.2, 0.25) is 0 Å². The molecule has 0 heterocycles. The molecule has 0 bridgehead atoms. The van der Waals surface area contributed by atoms with E-state index in [1.54, 1.807) is 17.8 Å². The van der Waals surface area contributed by atoms with Gasteiger partial charge in [0, 0.05) is 10.5 Å². The van der Waals surface area contributed by atoms with Crippen LogP contribution in [0.4, 0.5) is 0 Å². The monoisotopic (exact) mass is 213 g/mol. The fourth-order valence-corrected chi connectivity index (χ4v) is 1.93. The molecule has 3 nitrogen and oxygen atoms in total. The Morgan fingerprint density at radius 3 is 2.64 bits per heavy atom. The molecule has 0 amide bonds. The summed E-state index contributed by atoms with van der Waals surface area (Å²) in [6, 6.07) is 2.99. The van der Waals surface area contributed by atoms with Gasteiger partial charge in [-0.05, 0) is 30.9 Å².